The summed E-state index contributed by atoms with van der Waals surface area (Å²) in [5.74, 6) is -0.165. The van der Waals surface area contributed by atoms with Gasteiger partial charge in [0.15, 0.2) is 0 Å². The van der Waals surface area contributed by atoms with E-state index in [1.165, 1.54) is 22.7 Å². The average Bonchev–Trinajstić information content (AvgIpc) is 3.01. The zero-order valence-electron chi connectivity index (χ0n) is 14.6. The van der Waals surface area contributed by atoms with Crippen LogP contribution in [0.3, 0.4) is 0 Å². The maximum absolute atomic E-state index is 13.6. The van der Waals surface area contributed by atoms with Gasteiger partial charge in [0.2, 0.25) is 0 Å². The van der Waals surface area contributed by atoms with Crippen LogP contribution in [0.4, 0.5) is 10.1 Å². The minimum atomic E-state index is -0.165. The molecule has 3 aromatic rings. The predicted octanol–water partition coefficient (Wildman–Crippen LogP) is 4.08. The maximum Gasteiger partial charge on any atom is 0.123 e. The SMILES string of the molecule is Cn1ccc2cc(N(Cc3cccc(F)c3)C3CCNCC3)ccc21. The minimum absolute atomic E-state index is 0.165. The second-order valence-corrected chi connectivity index (χ2v) is 6.91. The van der Waals surface area contributed by atoms with Gasteiger partial charge in [0, 0.05) is 42.4 Å². The molecule has 2 aromatic carbocycles. The first kappa shape index (κ1) is 16.2. The number of rotatable bonds is 4. The maximum atomic E-state index is 13.6. The molecule has 4 heteroatoms. The molecular formula is C21H24FN3. The van der Waals surface area contributed by atoms with Crippen molar-refractivity contribution in [3.63, 3.8) is 0 Å². The topological polar surface area (TPSA) is 20.2 Å². The van der Waals surface area contributed by atoms with Crippen LogP contribution in [0.15, 0.2) is 54.7 Å². The Bertz CT molecular complexity index is 864. The number of hydrogen-bond acceptors (Lipinski definition) is 2. The monoisotopic (exact) mass is 337 g/mol. The van der Waals surface area contributed by atoms with E-state index in [2.05, 4.69) is 52.3 Å². The van der Waals surface area contributed by atoms with Crippen LogP contribution in [-0.2, 0) is 13.6 Å². The lowest BCUT2D eigenvalue weighted by atomic mass is 10.0. The summed E-state index contributed by atoms with van der Waals surface area (Å²) in [6.45, 7) is 2.82. The van der Waals surface area contributed by atoms with Crippen LogP contribution < -0.4 is 10.2 Å². The molecule has 0 amide bonds. The fraction of sp³-hybridized carbons (Fsp3) is 0.333. The number of nitrogens with one attached hydrogen (secondary N) is 1. The summed E-state index contributed by atoms with van der Waals surface area (Å²) in [4.78, 5) is 2.45. The molecule has 0 saturated carbocycles. The van der Waals surface area contributed by atoms with Gasteiger partial charge >= 0.3 is 0 Å². The van der Waals surface area contributed by atoms with Gasteiger partial charge in [-0.05, 0) is 67.9 Å². The summed E-state index contributed by atoms with van der Waals surface area (Å²) in [5.41, 5.74) is 3.47. The molecule has 25 heavy (non-hydrogen) atoms. The van der Waals surface area contributed by atoms with E-state index in [1.54, 1.807) is 12.1 Å². The van der Waals surface area contributed by atoms with Crippen LogP contribution in [-0.4, -0.2) is 23.7 Å². The molecule has 1 fully saturated rings. The Balaban J connectivity index is 1.69. The van der Waals surface area contributed by atoms with Crippen molar-refractivity contribution in [3.8, 4) is 0 Å². The van der Waals surface area contributed by atoms with Crippen molar-refractivity contribution in [2.75, 3.05) is 18.0 Å². The summed E-state index contributed by atoms with van der Waals surface area (Å²) in [7, 11) is 2.07. The van der Waals surface area contributed by atoms with E-state index in [4.69, 9.17) is 0 Å². The smallest absolute Gasteiger partial charge is 0.123 e. The van der Waals surface area contributed by atoms with Crippen molar-refractivity contribution >= 4 is 16.6 Å². The van der Waals surface area contributed by atoms with Crippen LogP contribution in [0.5, 0.6) is 0 Å². The molecule has 2 heterocycles. The molecule has 3 nitrogen and oxygen atoms in total. The normalized spacial score (nSPS) is 15.6. The highest BCUT2D eigenvalue weighted by atomic mass is 19.1. The highest BCUT2D eigenvalue weighted by molar-refractivity contribution is 5.84. The minimum Gasteiger partial charge on any atom is -0.364 e. The number of benzene rings is 2. The van der Waals surface area contributed by atoms with Crippen molar-refractivity contribution in [1.82, 2.24) is 9.88 Å². The number of hydrogen-bond donors (Lipinski definition) is 1. The van der Waals surface area contributed by atoms with Crippen molar-refractivity contribution in [3.05, 3.63) is 66.1 Å². The predicted molar refractivity (Wildman–Crippen MR) is 101 cm³/mol. The first-order valence-corrected chi connectivity index (χ1v) is 8.97. The van der Waals surface area contributed by atoms with Gasteiger partial charge < -0.3 is 14.8 Å². The van der Waals surface area contributed by atoms with E-state index in [1.807, 2.05) is 6.07 Å². The summed E-state index contributed by atoms with van der Waals surface area (Å²) in [6, 6.07) is 16.2. The number of aromatic nitrogens is 1. The largest absolute Gasteiger partial charge is 0.364 e. The van der Waals surface area contributed by atoms with Crippen LogP contribution in [0.1, 0.15) is 18.4 Å². The van der Waals surface area contributed by atoms with Crippen LogP contribution in [0.25, 0.3) is 10.9 Å². The Labute approximate surface area is 148 Å². The molecule has 1 aromatic heterocycles. The second-order valence-electron chi connectivity index (χ2n) is 6.91. The van der Waals surface area contributed by atoms with Gasteiger partial charge in [0.05, 0.1) is 0 Å². The number of halogens is 1. The van der Waals surface area contributed by atoms with E-state index in [-0.39, 0.29) is 5.82 Å². The molecular weight excluding hydrogens is 313 g/mol. The van der Waals surface area contributed by atoms with Crippen molar-refractivity contribution < 1.29 is 4.39 Å². The van der Waals surface area contributed by atoms with Crippen LogP contribution in [0, 0.1) is 5.82 Å². The molecule has 1 N–H and O–H groups in total. The number of piperidine rings is 1. The van der Waals surface area contributed by atoms with Gasteiger partial charge in [-0.3, -0.25) is 0 Å². The fourth-order valence-electron chi connectivity index (χ4n) is 3.83. The lowest BCUT2D eigenvalue weighted by Gasteiger charge is -2.36. The summed E-state index contributed by atoms with van der Waals surface area (Å²) < 4.78 is 15.8. The third-order valence-electron chi connectivity index (χ3n) is 5.19. The standard InChI is InChI=1S/C21H24FN3/c1-24-12-9-17-14-20(5-6-21(17)24)25(19-7-10-23-11-8-19)15-16-3-2-4-18(22)13-16/h2-6,9,12-14,19,23H,7-8,10-11,15H2,1H3. The van der Waals surface area contributed by atoms with Crippen molar-refractivity contribution in [2.24, 2.45) is 7.05 Å². The molecule has 1 saturated heterocycles. The average molecular weight is 337 g/mol. The Morgan fingerprint density at radius 2 is 1.96 bits per heavy atom. The lowest BCUT2D eigenvalue weighted by Crippen LogP contribution is -2.43. The third-order valence-corrected chi connectivity index (χ3v) is 5.19. The summed E-state index contributed by atoms with van der Waals surface area (Å²) >= 11 is 0. The number of anilines is 1. The molecule has 0 aliphatic carbocycles. The van der Waals surface area contributed by atoms with Crippen molar-refractivity contribution in [1.29, 1.82) is 0 Å². The third kappa shape index (κ3) is 3.40. The van der Waals surface area contributed by atoms with Gasteiger partial charge in [-0.2, -0.15) is 0 Å². The Kier molecular flexibility index (Phi) is 4.45. The van der Waals surface area contributed by atoms with Gasteiger partial charge in [0.1, 0.15) is 5.82 Å². The molecule has 130 valence electrons. The van der Waals surface area contributed by atoms with E-state index < -0.39 is 0 Å². The molecule has 0 bridgehead atoms. The second kappa shape index (κ2) is 6.89. The van der Waals surface area contributed by atoms with Gasteiger partial charge in [-0.15, -0.1) is 0 Å². The Hall–Kier alpha value is -2.33. The first-order chi connectivity index (χ1) is 12.2. The number of fused-ring (bicyclic) bond motifs is 1. The molecule has 1 aliphatic rings. The van der Waals surface area contributed by atoms with Crippen LogP contribution >= 0.6 is 0 Å². The molecule has 0 unspecified atom stereocenters. The lowest BCUT2D eigenvalue weighted by molar-refractivity contribution is 0.428. The molecule has 0 atom stereocenters. The van der Waals surface area contributed by atoms with Crippen molar-refractivity contribution in [2.45, 2.75) is 25.4 Å². The quantitative estimate of drug-likeness (QED) is 0.774. The number of aryl methyl sites for hydroxylation is 1. The van der Waals surface area contributed by atoms with E-state index in [9.17, 15) is 4.39 Å². The zero-order valence-corrected chi connectivity index (χ0v) is 14.6. The Morgan fingerprint density at radius 3 is 2.76 bits per heavy atom. The van der Waals surface area contributed by atoms with Gasteiger partial charge in [-0.25, -0.2) is 4.39 Å². The number of nitrogens with zero attached hydrogens (tertiary/aromatic N) is 2. The van der Waals surface area contributed by atoms with E-state index in [0.717, 1.165) is 38.0 Å². The van der Waals surface area contributed by atoms with Crippen LogP contribution in [0.2, 0.25) is 0 Å². The van der Waals surface area contributed by atoms with E-state index >= 15 is 0 Å². The molecule has 4 rings (SSSR count). The molecule has 1 aliphatic heterocycles. The Morgan fingerprint density at radius 1 is 1.12 bits per heavy atom. The highest BCUT2D eigenvalue weighted by Gasteiger charge is 2.22. The highest BCUT2D eigenvalue weighted by Crippen LogP contribution is 2.28. The zero-order chi connectivity index (χ0) is 17.2. The molecule has 0 spiro atoms. The summed E-state index contributed by atoms with van der Waals surface area (Å²) in [6.07, 6.45) is 4.32. The van der Waals surface area contributed by atoms with Gasteiger partial charge in [-0.1, -0.05) is 12.1 Å². The van der Waals surface area contributed by atoms with E-state index in [0.29, 0.717) is 6.04 Å². The summed E-state index contributed by atoms with van der Waals surface area (Å²) in [5, 5.41) is 4.69. The fourth-order valence-corrected chi connectivity index (χ4v) is 3.83. The van der Waals surface area contributed by atoms with Gasteiger partial charge in [0.25, 0.3) is 0 Å². The molecule has 0 radical (unpaired) electrons. The first-order valence-electron chi connectivity index (χ1n) is 8.97.